The Balaban J connectivity index is 1.71. The first-order valence-corrected chi connectivity index (χ1v) is 8.97. The molecule has 2 aliphatic rings. The molecule has 6 heteroatoms. The van der Waals surface area contributed by atoms with E-state index in [1.54, 1.807) is 14.2 Å². The predicted molar refractivity (Wildman–Crippen MR) is 95.1 cm³/mol. The van der Waals surface area contributed by atoms with Crippen molar-refractivity contribution in [3.63, 3.8) is 0 Å². The van der Waals surface area contributed by atoms with Crippen LogP contribution in [0.25, 0.3) is 0 Å². The van der Waals surface area contributed by atoms with Gasteiger partial charge in [-0.1, -0.05) is 6.07 Å². The van der Waals surface area contributed by atoms with E-state index in [1.807, 2.05) is 24.0 Å². The summed E-state index contributed by atoms with van der Waals surface area (Å²) in [7, 11) is 3.33. The number of hydrogen-bond acceptors (Lipinski definition) is 5. The molecule has 0 unspecified atom stereocenters. The van der Waals surface area contributed by atoms with Crippen molar-refractivity contribution in [2.45, 2.75) is 31.9 Å². The number of amides is 1. The van der Waals surface area contributed by atoms with Crippen LogP contribution in [0.4, 0.5) is 0 Å². The summed E-state index contributed by atoms with van der Waals surface area (Å²) in [6.07, 6.45) is 2.25. The molecule has 2 saturated heterocycles. The molecule has 2 atom stereocenters. The third-order valence-corrected chi connectivity index (χ3v) is 5.10. The Kier molecular flexibility index (Phi) is 5.81. The van der Waals surface area contributed by atoms with Crippen LogP contribution in [0.2, 0.25) is 0 Å². The topological polar surface area (TPSA) is 51.2 Å². The van der Waals surface area contributed by atoms with Crippen molar-refractivity contribution in [3.8, 4) is 11.5 Å². The first kappa shape index (κ1) is 18.0. The van der Waals surface area contributed by atoms with Crippen LogP contribution in [-0.2, 0) is 9.53 Å². The highest BCUT2D eigenvalue weighted by molar-refractivity contribution is 5.78. The number of ether oxygens (including phenoxy) is 3. The van der Waals surface area contributed by atoms with E-state index in [2.05, 4.69) is 11.0 Å². The van der Waals surface area contributed by atoms with Gasteiger partial charge in [-0.05, 0) is 32.4 Å². The molecule has 1 aromatic rings. The van der Waals surface area contributed by atoms with E-state index < -0.39 is 0 Å². The molecule has 2 fully saturated rings. The molecule has 3 rings (SSSR count). The molecule has 0 aromatic heterocycles. The molecular formula is C19H28N2O4. The number of rotatable bonds is 5. The van der Waals surface area contributed by atoms with Gasteiger partial charge in [0, 0.05) is 30.8 Å². The summed E-state index contributed by atoms with van der Waals surface area (Å²) in [5.74, 6) is 1.79. The zero-order valence-electron chi connectivity index (χ0n) is 15.4. The van der Waals surface area contributed by atoms with Gasteiger partial charge >= 0.3 is 0 Å². The third kappa shape index (κ3) is 4.07. The molecule has 0 bridgehead atoms. The van der Waals surface area contributed by atoms with E-state index in [1.165, 1.54) is 0 Å². The Morgan fingerprint density at radius 2 is 2.12 bits per heavy atom. The average molecular weight is 348 g/mol. The first-order valence-electron chi connectivity index (χ1n) is 8.97. The Labute approximate surface area is 149 Å². The zero-order chi connectivity index (χ0) is 17.8. The summed E-state index contributed by atoms with van der Waals surface area (Å²) in [5.41, 5.74) is 1.13. The molecule has 0 spiro atoms. The van der Waals surface area contributed by atoms with Gasteiger partial charge in [-0.3, -0.25) is 9.69 Å². The van der Waals surface area contributed by atoms with Crippen molar-refractivity contribution in [1.29, 1.82) is 0 Å². The van der Waals surface area contributed by atoms with Crippen molar-refractivity contribution in [3.05, 3.63) is 23.8 Å². The minimum atomic E-state index is 0.119. The van der Waals surface area contributed by atoms with Gasteiger partial charge in [0.25, 0.3) is 0 Å². The third-order valence-electron chi connectivity index (χ3n) is 5.10. The van der Waals surface area contributed by atoms with E-state index in [-0.39, 0.29) is 18.1 Å². The van der Waals surface area contributed by atoms with Gasteiger partial charge in [0.1, 0.15) is 11.5 Å². The zero-order valence-corrected chi connectivity index (χ0v) is 15.4. The summed E-state index contributed by atoms with van der Waals surface area (Å²) >= 11 is 0. The molecule has 25 heavy (non-hydrogen) atoms. The molecule has 1 aromatic carbocycles. The van der Waals surface area contributed by atoms with Crippen molar-refractivity contribution in [1.82, 2.24) is 9.80 Å². The molecule has 6 nitrogen and oxygen atoms in total. The lowest BCUT2D eigenvalue weighted by atomic mass is 10.0. The van der Waals surface area contributed by atoms with Gasteiger partial charge in [-0.15, -0.1) is 0 Å². The summed E-state index contributed by atoms with van der Waals surface area (Å²) in [5, 5.41) is 0. The van der Waals surface area contributed by atoms with Crippen LogP contribution >= 0.6 is 0 Å². The Morgan fingerprint density at radius 1 is 1.28 bits per heavy atom. The highest BCUT2D eigenvalue weighted by Crippen LogP contribution is 2.38. The number of nitrogens with zero attached hydrogens (tertiary/aromatic N) is 2. The minimum Gasteiger partial charge on any atom is -0.497 e. The second-order valence-corrected chi connectivity index (χ2v) is 6.76. The maximum atomic E-state index is 12.7. The molecule has 2 aliphatic heterocycles. The molecule has 0 radical (unpaired) electrons. The summed E-state index contributed by atoms with van der Waals surface area (Å²) < 4.78 is 16.4. The number of carbonyl (C=O) groups excluding carboxylic acids is 1. The van der Waals surface area contributed by atoms with Crippen LogP contribution in [0.3, 0.4) is 0 Å². The first-order chi connectivity index (χ1) is 12.1. The van der Waals surface area contributed by atoms with E-state index in [4.69, 9.17) is 14.2 Å². The highest BCUT2D eigenvalue weighted by Gasteiger charge is 2.32. The lowest BCUT2D eigenvalue weighted by molar-refractivity contribution is -0.139. The minimum absolute atomic E-state index is 0.119. The van der Waals surface area contributed by atoms with Crippen LogP contribution in [0, 0.1) is 0 Å². The van der Waals surface area contributed by atoms with Gasteiger partial charge in [0.15, 0.2) is 0 Å². The van der Waals surface area contributed by atoms with Crippen LogP contribution in [0.1, 0.15) is 31.4 Å². The largest absolute Gasteiger partial charge is 0.497 e. The van der Waals surface area contributed by atoms with Gasteiger partial charge in [-0.2, -0.15) is 0 Å². The lowest BCUT2D eigenvalue weighted by Crippen LogP contribution is -2.48. The normalized spacial score (nSPS) is 24.4. The van der Waals surface area contributed by atoms with Crippen molar-refractivity contribution in [2.24, 2.45) is 0 Å². The maximum absolute atomic E-state index is 12.7. The predicted octanol–water partition coefficient (Wildman–Crippen LogP) is 2.09. The second kappa shape index (κ2) is 8.06. The Hall–Kier alpha value is -1.79. The Morgan fingerprint density at radius 3 is 2.84 bits per heavy atom. The highest BCUT2D eigenvalue weighted by atomic mass is 16.5. The lowest BCUT2D eigenvalue weighted by Gasteiger charge is -2.33. The van der Waals surface area contributed by atoms with Crippen LogP contribution in [0.15, 0.2) is 18.2 Å². The van der Waals surface area contributed by atoms with E-state index in [0.717, 1.165) is 36.4 Å². The molecular weight excluding hydrogens is 320 g/mol. The Bertz CT molecular complexity index is 607. The number of morpholine rings is 1. The number of carbonyl (C=O) groups is 1. The number of likely N-dealkylation sites (tertiary alicyclic amines) is 1. The number of hydrogen-bond donors (Lipinski definition) is 0. The van der Waals surface area contributed by atoms with E-state index >= 15 is 0 Å². The molecule has 2 heterocycles. The fraction of sp³-hybridized carbons (Fsp3) is 0.632. The summed E-state index contributed by atoms with van der Waals surface area (Å²) in [4.78, 5) is 16.9. The SMILES string of the molecule is COc1ccc([C@H]2CCCN2CC(=O)N2CCO[C@H](C)C2)c(OC)c1. The standard InChI is InChI=1S/C19H28N2O4/c1-14-12-21(9-10-25-14)19(22)13-20-8-4-5-17(20)16-7-6-15(23-2)11-18(16)24-3/h6-7,11,14,17H,4-5,8-10,12-13H2,1-3H3/t14-,17-/m1/s1. The van der Waals surface area contributed by atoms with Crippen molar-refractivity contribution >= 4 is 5.91 Å². The van der Waals surface area contributed by atoms with Crippen LogP contribution in [0.5, 0.6) is 11.5 Å². The fourth-order valence-corrected chi connectivity index (χ4v) is 3.78. The van der Waals surface area contributed by atoms with Gasteiger partial charge in [-0.25, -0.2) is 0 Å². The van der Waals surface area contributed by atoms with E-state index in [9.17, 15) is 4.79 Å². The number of benzene rings is 1. The molecule has 0 saturated carbocycles. The van der Waals surface area contributed by atoms with E-state index in [0.29, 0.717) is 26.2 Å². The molecule has 1 amide bonds. The summed E-state index contributed by atoms with van der Waals surface area (Å²) in [6.45, 7) is 5.40. The average Bonchev–Trinajstić information content (AvgIpc) is 3.08. The van der Waals surface area contributed by atoms with Crippen LogP contribution < -0.4 is 9.47 Å². The van der Waals surface area contributed by atoms with Gasteiger partial charge in [0.2, 0.25) is 5.91 Å². The monoisotopic (exact) mass is 348 g/mol. The summed E-state index contributed by atoms with van der Waals surface area (Å²) in [6, 6.07) is 6.14. The van der Waals surface area contributed by atoms with Crippen LogP contribution in [-0.4, -0.2) is 68.8 Å². The van der Waals surface area contributed by atoms with Gasteiger partial charge in [0.05, 0.1) is 33.5 Å². The smallest absolute Gasteiger partial charge is 0.236 e. The molecule has 0 aliphatic carbocycles. The second-order valence-electron chi connectivity index (χ2n) is 6.76. The molecule has 0 N–H and O–H groups in total. The van der Waals surface area contributed by atoms with Crippen molar-refractivity contribution in [2.75, 3.05) is 47.0 Å². The van der Waals surface area contributed by atoms with Gasteiger partial charge < -0.3 is 19.1 Å². The van der Waals surface area contributed by atoms with Crippen molar-refractivity contribution < 1.29 is 19.0 Å². The fourth-order valence-electron chi connectivity index (χ4n) is 3.78. The molecule has 138 valence electrons. The number of methoxy groups -OCH3 is 2. The quantitative estimate of drug-likeness (QED) is 0.816. The maximum Gasteiger partial charge on any atom is 0.236 e.